The van der Waals surface area contributed by atoms with Crippen LogP contribution in [0.15, 0.2) is 45.4 Å². The van der Waals surface area contributed by atoms with E-state index in [2.05, 4.69) is 62.9 Å². The number of fused-ring (bicyclic) bond motifs is 6. The molecule has 2 aliphatic rings. The second-order valence-corrected chi connectivity index (χ2v) is 17.7. The van der Waals surface area contributed by atoms with Crippen LogP contribution in [0.25, 0.3) is 66.1 Å². The number of aromatic nitrogens is 12. The first-order valence-corrected chi connectivity index (χ1v) is 22.5. The van der Waals surface area contributed by atoms with Gasteiger partial charge in [-0.2, -0.15) is 10.2 Å². The molecule has 8 heterocycles. The molecule has 8 aromatic heterocycles. The maximum Gasteiger partial charge on any atom is 0.145 e. The van der Waals surface area contributed by atoms with Crippen molar-refractivity contribution in [1.82, 2.24) is 59.8 Å². The SMILES string of the molecule is C.C.COc1cc2c(cc1-c1c(C)noc1C)[nH]c1nc(C)nc(Cl)c12.COc1cc2c(cc1-c1c(C)noc1C)[nH]c1nc(C)nc(Nc3cc(C4CC4)nn3C)c12.Cn1nc(C2CC2)cc1N. The fraction of sp³-hybridized carbons (Fsp3) is 0.360. The Hall–Kier alpha value is -7.47. The van der Waals surface area contributed by atoms with Crippen LogP contribution in [0.3, 0.4) is 0 Å². The molecule has 0 spiro atoms. The van der Waals surface area contributed by atoms with E-state index in [4.69, 9.17) is 40.8 Å². The Morgan fingerprint density at radius 2 is 1.13 bits per heavy atom. The molecule has 12 rings (SSSR count). The molecule has 0 bridgehead atoms. The molecule has 0 radical (unpaired) electrons. The molecular formula is C50H59ClN14O4. The molecule has 5 N–H and O–H groups in total. The van der Waals surface area contributed by atoms with E-state index in [0.717, 1.165) is 118 Å². The lowest BCUT2D eigenvalue weighted by molar-refractivity contribution is 0.393. The summed E-state index contributed by atoms with van der Waals surface area (Å²) >= 11 is 6.33. The van der Waals surface area contributed by atoms with Gasteiger partial charge in [0.25, 0.3) is 0 Å². The number of nitrogens with one attached hydrogen (secondary N) is 3. The smallest absolute Gasteiger partial charge is 0.145 e. The van der Waals surface area contributed by atoms with Gasteiger partial charge in [0, 0.05) is 71.0 Å². The van der Waals surface area contributed by atoms with Crippen molar-refractivity contribution in [2.75, 3.05) is 25.3 Å². The van der Waals surface area contributed by atoms with Crippen LogP contribution in [0.1, 0.15) is 98.3 Å². The standard InChI is InChI=1S/C24H25N7O2.C17H15ClN4O2.C7H11N3.2CH4/c1-11-21(12(2)33-30-11)16-8-18-15(9-19(16)32-5)22-23(27-18)25-13(3)26-24(22)28-20-10-17(14-6-7-14)29-31(20)4;1-7-14(8(2)24-22-7)11-5-12-10(6-13(11)23-4)15-16(18)19-9(3)20-17(15)21-12;1-10-7(8)4-6(9-10)5-2-3-5;;/h8-10,14H,6-7H2,1-5H3,(H2,25,26,27,28);5-6H,1-4H3,(H,19,20,21);4-5H,2-3,8H2,1H3;2*1H4. The van der Waals surface area contributed by atoms with Crippen LogP contribution < -0.4 is 20.5 Å². The van der Waals surface area contributed by atoms with Gasteiger partial charge >= 0.3 is 0 Å². The molecule has 10 aromatic rings. The Balaban J connectivity index is 0.000000156. The van der Waals surface area contributed by atoms with Gasteiger partial charge in [-0.25, -0.2) is 19.9 Å². The first-order chi connectivity index (χ1) is 32.2. The maximum absolute atomic E-state index is 6.33. The second kappa shape index (κ2) is 18.6. The van der Waals surface area contributed by atoms with E-state index < -0.39 is 0 Å². The van der Waals surface area contributed by atoms with Crippen LogP contribution >= 0.6 is 11.6 Å². The first-order valence-electron chi connectivity index (χ1n) is 22.1. The minimum atomic E-state index is 0. The van der Waals surface area contributed by atoms with E-state index in [1.165, 1.54) is 31.4 Å². The predicted molar refractivity (Wildman–Crippen MR) is 272 cm³/mol. The highest BCUT2D eigenvalue weighted by Crippen LogP contribution is 2.44. The molecule has 0 atom stereocenters. The summed E-state index contributed by atoms with van der Waals surface area (Å²) in [5.41, 5.74) is 16.6. The number of ether oxygens (including phenoxy) is 2. The largest absolute Gasteiger partial charge is 0.496 e. The van der Waals surface area contributed by atoms with Crippen molar-refractivity contribution in [3.63, 3.8) is 0 Å². The third-order valence-corrected chi connectivity index (χ3v) is 12.7. The van der Waals surface area contributed by atoms with Gasteiger partial charge < -0.3 is 39.5 Å². The molecule has 0 aliphatic heterocycles. The molecule has 0 unspecified atom stereocenters. The molecule has 360 valence electrons. The molecule has 18 nitrogen and oxygen atoms in total. The van der Waals surface area contributed by atoms with Gasteiger partial charge in [-0.3, -0.25) is 9.36 Å². The highest BCUT2D eigenvalue weighted by Gasteiger charge is 2.28. The number of hydrogen-bond donors (Lipinski definition) is 4. The zero-order valence-corrected chi connectivity index (χ0v) is 39.8. The highest BCUT2D eigenvalue weighted by atomic mass is 35.5. The molecule has 69 heavy (non-hydrogen) atoms. The van der Waals surface area contributed by atoms with Gasteiger partial charge in [0.05, 0.1) is 58.9 Å². The predicted octanol–water partition coefficient (Wildman–Crippen LogP) is 11.6. The number of nitrogens with zero attached hydrogens (tertiary/aromatic N) is 10. The Labute approximate surface area is 404 Å². The quantitative estimate of drug-likeness (QED) is 0.104. The Bertz CT molecular complexity index is 3470. The van der Waals surface area contributed by atoms with E-state index in [9.17, 15) is 0 Å². The fourth-order valence-corrected chi connectivity index (χ4v) is 9.08. The number of anilines is 3. The van der Waals surface area contributed by atoms with Gasteiger partial charge in [0.2, 0.25) is 0 Å². The normalized spacial score (nSPS) is 13.2. The number of hydrogen-bond acceptors (Lipinski definition) is 14. The van der Waals surface area contributed by atoms with E-state index in [0.29, 0.717) is 34.3 Å². The van der Waals surface area contributed by atoms with Gasteiger partial charge in [0.15, 0.2) is 0 Å². The number of nitrogen functional groups attached to an aromatic ring is 1. The van der Waals surface area contributed by atoms with Crippen LogP contribution in [0, 0.1) is 41.5 Å². The van der Waals surface area contributed by atoms with E-state index >= 15 is 0 Å². The maximum atomic E-state index is 6.33. The van der Waals surface area contributed by atoms with Crippen molar-refractivity contribution in [1.29, 1.82) is 0 Å². The molecule has 19 heteroatoms. The molecule has 0 amide bonds. The molecule has 2 saturated carbocycles. The summed E-state index contributed by atoms with van der Waals surface area (Å²) in [4.78, 5) is 24.9. The number of H-pyrrole nitrogens is 2. The molecule has 2 fully saturated rings. The zero-order chi connectivity index (χ0) is 47.0. The van der Waals surface area contributed by atoms with Gasteiger partial charge in [-0.1, -0.05) is 36.8 Å². The van der Waals surface area contributed by atoms with Crippen LogP contribution in [-0.2, 0) is 14.1 Å². The lowest BCUT2D eigenvalue weighted by atomic mass is 10.0. The topological polar surface area (TPSA) is 227 Å². The number of nitrogens with two attached hydrogens (primary N) is 1. The van der Waals surface area contributed by atoms with Gasteiger partial charge in [-0.05, 0) is 91.5 Å². The summed E-state index contributed by atoms with van der Waals surface area (Å²) in [5, 5.41) is 24.6. The Morgan fingerprint density at radius 3 is 1.59 bits per heavy atom. The summed E-state index contributed by atoms with van der Waals surface area (Å²) in [5.74, 6) is 7.96. The number of halogens is 1. The van der Waals surface area contributed by atoms with Crippen molar-refractivity contribution < 1.29 is 18.5 Å². The first kappa shape index (κ1) is 48.0. The third-order valence-electron chi connectivity index (χ3n) is 12.4. The molecular weight excluding hydrogens is 896 g/mol. The van der Waals surface area contributed by atoms with E-state index in [1.807, 2.05) is 84.6 Å². The van der Waals surface area contributed by atoms with Crippen molar-refractivity contribution in [3.05, 3.63) is 87.5 Å². The second-order valence-electron chi connectivity index (χ2n) is 17.3. The summed E-state index contributed by atoms with van der Waals surface area (Å²) < 4.78 is 25.7. The van der Waals surface area contributed by atoms with Crippen LogP contribution in [0.5, 0.6) is 11.5 Å². The molecule has 2 aromatic carbocycles. The van der Waals surface area contributed by atoms with Crippen molar-refractivity contribution >= 4 is 72.9 Å². The van der Waals surface area contributed by atoms with E-state index in [-0.39, 0.29) is 14.9 Å². The summed E-state index contributed by atoms with van der Waals surface area (Å²) in [6.45, 7) is 11.3. The van der Waals surface area contributed by atoms with Crippen molar-refractivity contribution in [3.8, 4) is 33.8 Å². The van der Waals surface area contributed by atoms with Gasteiger partial charge in [-0.15, -0.1) is 0 Å². The lowest BCUT2D eigenvalue weighted by Gasteiger charge is -2.10. The number of aromatic amines is 2. The minimum Gasteiger partial charge on any atom is -0.496 e. The van der Waals surface area contributed by atoms with Crippen LogP contribution in [-0.4, -0.2) is 74.0 Å². The Kier molecular flexibility index (Phi) is 12.9. The lowest BCUT2D eigenvalue weighted by Crippen LogP contribution is -2.03. The number of methoxy groups -OCH3 is 2. The molecule has 2 aliphatic carbocycles. The van der Waals surface area contributed by atoms with E-state index in [1.54, 1.807) is 18.9 Å². The highest BCUT2D eigenvalue weighted by molar-refractivity contribution is 6.36. The Morgan fingerprint density at radius 1 is 0.652 bits per heavy atom. The summed E-state index contributed by atoms with van der Waals surface area (Å²) in [7, 11) is 7.14. The van der Waals surface area contributed by atoms with Gasteiger partial charge in [0.1, 0.15) is 68.6 Å². The number of rotatable bonds is 8. The third kappa shape index (κ3) is 8.91. The monoisotopic (exact) mass is 954 g/mol. The molecule has 0 saturated heterocycles. The zero-order valence-electron chi connectivity index (χ0n) is 39.0. The fourth-order valence-electron chi connectivity index (χ4n) is 8.76. The average Bonchev–Trinajstić information content (AvgIpc) is 4.11. The van der Waals surface area contributed by atoms with Crippen molar-refractivity contribution in [2.45, 2.75) is 93.9 Å². The number of benzene rings is 2. The van der Waals surface area contributed by atoms with Crippen molar-refractivity contribution in [2.24, 2.45) is 14.1 Å². The summed E-state index contributed by atoms with van der Waals surface area (Å²) in [6.07, 6.45) is 5.00. The summed E-state index contributed by atoms with van der Waals surface area (Å²) in [6, 6.07) is 12.1. The average molecular weight is 956 g/mol. The minimum absolute atomic E-state index is 0. The number of aryl methyl sites for hydroxylation is 8. The van der Waals surface area contributed by atoms with Crippen LogP contribution in [0.4, 0.5) is 17.5 Å². The van der Waals surface area contributed by atoms with Crippen LogP contribution in [0.2, 0.25) is 5.15 Å².